The maximum Gasteiger partial charge on any atom is 0.114 e. The van der Waals surface area contributed by atoms with Gasteiger partial charge in [-0.25, -0.2) is 0 Å². The first-order chi connectivity index (χ1) is 5.83. The van der Waals surface area contributed by atoms with Gasteiger partial charge >= 0.3 is 0 Å². The van der Waals surface area contributed by atoms with Crippen LogP contribution in [0.4, 0.5) is 0 Å². The van der Waals surface area contributed by atoms with Crippen LogP contribution in [-0.2, 0) is 9.47 Å². The third kappa shape index (κ3) is 2.44. The maximum absolute atomic E-state index is 9.16. The van der Waals surface area contributed by atoms with E-state index in [0.29, 0.717) is 19.8 Å². The SMILES string of the molecule is CCCC[C@]1(CO)COCCO1. The Balaban J connectivity index is 2.37. The van der Waals surface area contributed by atoms with Crippen molar-refractivity contribution < 1.29 is 14.6 Å². The van der Waals surface area contributed by atoms with Crippen LogP contribution in [0.2, 0.25) is 0 Å². The minimum atomic E-state index is -0.395. The minimum absolute atomic E-state index is 0.0764. The molecule has 72 valence electrons. The molecule has 1 heterocycles. The fraction of sp³-hybridized carbons (Fsp3) is 1.00. The molecular weight excluding hydrogens is 156 g/mol. The zero-order chi connectivity index (χ0) is 8.86. The Kier molecular flexibility index (Phi) is 3.98. The van der Waals surface area contributed by atoms with Crippen molar-refractivity contribution in [3.05, 3.63) is 0 Å². The molecule has 0 unspecified atom stereocenters. The van der Waals surface area contributed by atoms with Gasteiger partial charge in [-0.15, -0.1) is 0 Å². The van der Waals surface area contributed by atoms with E-state index in [2.05, 4.69) is 6.92 Å². The smallest absolute Gasteiger partial charge is 0.114 e. The predicted octanol–water partition coefficient (Wildman–Crippen LogP) is 0.954. The summed E-state index contributed by atoms with van der Waals surface area (Å²) in [5.41, 5.74) is -0.395. The highest BCUT2D eigenvalue weighted by Crippen LogP contribution is 2.22. The van der Waals surface area contributed by atoms with Crippen molar-refractivity contribution in [1.29, 1.82) is 0 Å². The summed E-state index contributed by atoms with van der Waals surface area (Å²) in [5.74, 6) is 0. The van der Waals surface area contributed by atoms with Gasteiger partial charge in [0.05, 0.1) is 26.4 Å². The summed E-state index contributed by atoms with van der Waals surface area (Å²) in [6, 6.07) is 0. The van der Waals surface area contributed by atoms with Gasteiger partial charge in [-0.1, -0.05) is 19.8 Å². The van der Waals surface area contributed by atoms with Crippen molar-refractivity contribution in [2.45, 2.75) is 31.8 Å². The van der Waals surface area contributed by atoms with Gasteiger partial charge in [0, 0.05) is 0 Å². The van der Waals surface area contributed by atoms with E-state index in [-0.39, 0.29) is 6.61 Å². The van der Waals surface area contributed by atoms with E-state index < -0.39 is 5.60 Å². The molecule has 3 nitrogen and oxygen atoms in total. The molecule has 1 atom stereocenters. The van der Waals surface area contributed by atoms with Crippen LogP contribution >= 0.6 is 0 Å². The molecule has 0 aromatic heterocycles. The fourth-order valence-corrected chi connectivity index (χ4v) is 1.43. The Labute approximate surface area is 73.7 Å². The maximum atomic E-state index is 9.16. The monoisotopic (exact) mass is 174 g/mol. The van der Waals surface area contributed by atoms with Crippen LogP contribution in [0.15, 0.2) is 0 Å². The van der Waals surface area contributed by atoms with Crippen molar-refractivity contribution in [2.24, 2.45) is 0 Å². The van der Waals surface area contributed by atoms with Gasteiger partial charge in [0.2, 0.25) is 0 Å². The Morgan fingerprint density at radius 1 is 1.42 bits per heavy atom. The van der Waals surface area contributed by atoms with Crippen molar-refractivity contribution in [3.63, 3.8) is 0 Å². The lowest BCUT2D eigenvalue weighted by Crippen LogP contribution is -2.46. The van der Waals surface area contributed by atoms with Gasteiger partial charge in [-0.3, -0.25) is 0 Å². The molecule has 0 aromatic rings. The van der Waals surface area contributed by atoms with Gasteiger partial charge < -0.3 is 14.6 Å². The lowest BCUT2D eigenvalue weighted by Gasteiger charge is -2.35. The van der Waals surface area contributed by atoms with E-state index in [0.717, 1.165) is 19.3 Å². The van der Waals surface area contributed by atoms with Crippen LogP contribution in [-0.4, -0.2) is 37.1 Å². The largest absolute Gasteiger partial charge is 0.393 e. The molecule has 1 aliphatic heterocycles. The van der Waals surface area contributed by atoms with E-state index in [9.17, 15) is 0 Å². The Hall–Kier alpha value is -0.120. The molecule has 0 saturated carbocycles. The number of hydrogen-bond donors (Lipinski definition) is 1. The van der Waals surface area contributed by atoms with Crippen LogP contribution in [0.5, 0.6) is 0 Å². The second-order valence-corrected chi connectivity index (χ2v) is 3.35. The summed E-state index contributed by atoms with van der Waals surface area (Å²) in [4.78, 5) is 0. The third-order valence-electron chi connectivity index (χ3n) is 2.28. The first-order valence-corrected chi connectivity index (χ1v) is 4.65. The van der Waals surface area contributed by atoms with Crippen molar-refractivity contribution in [3.8, 4) is 0 Å². The Morgan fingerprint density at radius 3 is 2.75 bits per heavy atom. The molecule has 1 N–H and O–H groups in total. The quantitative estimate of drug-likeness (QED) is 0.689. The number of unbranched alkanes of at least 4 members (excludes halogenated alkanes) is 1. The Bertz CT molecular complexity index is 119. The molecule has 1 aliphatic rings. The summed E-state index contributed by atoms with van der Waals surface area (Å²) in [6.45, 7) is 4.03. The number of aliphatic hydroxyl groups is 1. The van der Waals surface area contributed by atoms with E-state index in [4.69, 9.17) is 14.6 Å². The molecule has 1 saturated heterocycles. The molecule has 1 fully saturated rings. The minimum Gasteiger partial charge on any atom is -0.393 e. The van der Waals surface area contributed by atoms with Crippen molar-refractivity contribution in [2.75, 3.05) is 26.4 Å². The van der Waals surface area contributed by atoms with Gasteiger partial charge in [-0.2, -0.15) is 0 Å². The number of ether oxygens (including phenoxy) is 2. The van der Waals surface area contributed by atoms with Crippen LogP contribution in [0.1, 0.15) is 26.2 Å². The summed E-state index contributed by atoms with van der Waals surface area (Å²) in [7, 11) is 0. The van der Waals surface area contributed by atoms with Gasteiger partial charge in [0.15, 0.2) is 0 Å². The van der Waals surface area contributed by atoms with Crippen molar-refractivity contribution in [1.82, 2.24) is 0 Å². The van der Waals surface area contributed by atoms with Crippen LogP contribution in [0.3, 0.4) is 0 Å². The molecule has 0 radical (unpaired) electrons. The summed E-state index contributed by atoms with van der Waals surface area (Å²) in [5, 5.41) is 9.16. The first-order valence-electron chi connectivity index (χ1n) is 4.65. The van der Waals surface area contributed by atoms with E-state index >= 15 is 0 Å². The zero-order valence-electron chi connectivity index (χ0n) is 7.71. The Morgan fingerprint density at radius 2 is 2.25 bits per heavy atom. The highest BCUT2D eigenvalue weighted by atomic mass is 16.6. The topological polar surface area (TPSA) is 38.7 Å². The van der Waals surface area contributed by atoms with Gasteiger partial charge in [-0.05, 0) is 6.42 Å². The lowest BCUT2D eigenvalue weighted by molar-refractivity contribution is -0.178. The summed E-state index contributed by atoms with van der Waals surface area (Å²) >= 11 is 0. The second-order valence-electron chi connectivity index (χ2n) is 3.35. The summed E-state index contributed by atoms with van der Waals surface area (Å²) in [6.07, 6.45) is 3.12. The lowest BCUT2D eigenvalue weighted by atomic mass is 9.98. The van der Waals surface area contributed by atoms with Crippen LogP contribution in [0.25, 0.3) is 0 Å². The number of rotatable bonds is 4. The average molecular weight is 174 g/mol. The second kappa shape index (κ2) is 4.80. The molecule has 0 amide bonds. The normalized spacial score (nSPS) is 30.5. The highest BCUT2D eigenvalue weighted by Gasteiger charge is 2.32. The average Bonchev–Trinajstić information content (AvgIpc) is 2.16. The molecule has 0 aromatic carbocycles. The van der Waals surface area contributed by atoms with Crippen LogP contribution < -0.4 is 0 Å². The zero-order valence-corrected chi connectivity index (χ0v) is 7.71. The fourth-order valence-electron chi connectivity index (χ4n) is 1.43. The van der Waals surface area contributed by atoms with Crippen molar-refractivity contribution >= 4 is 0 Å². The highest BCUT2D eigenvalue weighted by molar-refractivity contribution is 4.81. The molecule has 0 spiro atoms. The van der Waals surface area contributed by atoms with E-state index in [1.54, 1.807) is 0 Å². The van der Waals surface area contributed by atoms with Gasteiger partial charge in [0.25, 0.3) is 0 Å². The molecule has 3 heteroatoms. The number of hydrogen-bond acceptors (Lipinski definition) is 3. The predicted molar refractivity (Wildman–Crippen MR) is 46.1 cm³/mol. The first kappa shape index (κ1) is 9.96. The number of aliphatic hydroxyl groups excluding tert-OH is 1. The van der Waals surface area contributed by atoms with Crippen LogP contribution in [0, 0.1) is 0 Å². The summed E-state index contributed by atoms with van der Waals surface area (Å²) < 4.78 is 10.8. The van der Waals surface area contributed by atoms with E-state index in [1.165, 1.54) is 0 Å². The molecule has 0 bridgehead atoms. The standard InChI is InChI=1S/C9H18O3/c1-2-3-4-9(7-10)8-11-5-6-12-9/h10H,2-8H2,1H3/t9-/m0/s1. The molecule has 1 rings (SSSR count). The third-order valence-corrected chi connectivity index (χ3v) is 2.28. The molecule has 0 aliphatic carbocycles. The van der Waals surface area contributed by atoms with E-state index in [1.807, 2.05) is 0 Å². The molecular formula is C9H18O3. The van der Waals surface area contributed by atoms with Gasteiger partial charge in [0.1, 0.15) is 5.60 Å². The molecule has 12 heavy (non-hydrogen) atoms.